The van der Waals surface area contributed by atoms with Crippen molar-refractivity contribution in [2.75, 3.05) is 0 Å². The summed E-state index contributed by atoms with van der Waals surface area (Å²) in [5, 5.41) is 6.77. The first kappa shape index (κ1) is 26.2. The summed E-state index contributed by atoms with van der Waals surface area (Å²) in [5.74, 6) is 0.721. The summed E-state index contributed by atoms with van der Waals surface area (Å²) in [5.41, 5.74) is 9.34. The molecule has 0 atom stereocenters. The molecule has 4 heteroatoms. The van der Waals surface area contributed by atoms with Crippen molar-refractivity contribution >= 4 is 43.4 Å². The van der Waals surface area contributed by atoms with Gasteiger partial charge in [0, 0.05) is 46.1 Å². The average Bonchev–Trinajstić information content (AvgIpc) is 3.14. The lowest BCUT2D eigenvalue weighted by Crippen LogP contribution is -1.95. The smallest absolute Gasteiger partial charge is 0.160 e. The molecule has 0 bridgehead atoms. The van der Waals surface area contributed by atoms with Crippen molar-refractivity contribution in [3.05, 3.63) is 158 Å². The monoisotopic (exact) mass is 586 g/mol. The molecule has 3 heterocycles. The van der Waals surface area contributed by atoms with Crippen LogP contribution in [0.15, 0.2) is 158 Å². The number of aromatic nitrogens is 4. The highest BCUT2D eigenvalue weighted by molar-refractivity contribution is 6.20. The molecular weight excluding hydrogens is 560 g/mol. The minimum Gasteiger partial charge on any atom is -0.254 e. The molecule has 9 aromatic rings. The molecule has 0 amide bonds. The third-order valence-electron chi connectivity index (χ3n) is 8.82. The molecule has 6 aromatic carbocycles. The fourth-order valence-corrected chi connectivity index (χ4v) is 6.61. The van der Waals surface area contributed by atoms with Crippen molar-refractivity contribution < 1.29 is 0 Å². The molecule has 0 saturated heterocycles. The summed E-state index contributed by atoms with van der Waals surface area (Å²) in [6, 6.07) is 48.7. The summed E-state index contributed by atoms with van der Waals surface area (Å²) < 4.78 is 0. The van der Waals surface area contributed by atoms with Crippen LogP contribution in [-0.4, -0.2) is 19.9 Å². The van der Waals surface area contributed by atoms with Crippen LogP contribution in [0.25, 0.3) is 88.2 Å². The third-order valence-corrected chi connectivity index (χ3v) is 8.82. The van der Waals surface area contributed by atoms with Gasteiger partial charge in [0.2, 0.25) is 0 Å². The highest BCUT2D eigenvalue weighted by Gasteiger charge is 2.18. The second-order valence-corrected chi connectivity index (χ2v) is 11.5. The van der Waals surface area contributed by atoms with Crippen LogP contribution in [0.3, 0.4) is 0 Å². The van der Waals surface area contributed by atoms with Crippen molar-refractivity contribution in [1.82, 2.24) is 19.9 Å². The maximum absolute atomic E-state index is 5.07. The predicted molar refractivity (Wildman–Crippen MR) is 189 cm³/mol. The molecule has 0 fully saturated rings. The van der Waals surface area contributed by atoms with E-state index in [0.717, 1.165) is 71.9 Å². The number of benzene rings is 6. The van der Waals surface area contributed by atoms with Crippen LogP contribution < -0.4 is 0 Å². The molecule has 4 nitrogen and oxygen atoms in total. The number of hydrogen-bond donors (Lipinski definition) is 0. The third kappa shape index (κ3) is 4.31. The van der Waals surface area contributed by atoms with E-state index in [9.17, 15) is 0 Å². The van der Waals surface area contributed by atoms with Gasteiger partial charge in [-0.15, -0.1) is 0 Å². The number of rotatable bonds is 4. The van der Waals surface area contributed by atoms with Crippen LogP contribution in [-0.2, 0) is 0 Å². The predicted octanol–water partition coefficient (Wildman–Crippen LogP) is 10.5. The largest absolute Gasteiger partial charge is 0.254 e. The Morgan fingerprint density at radius 3 is 1.59 bits per heavy atom. The Bertz CT molecular complexity index is 2500. The van der Waals surface area contributed by atoms with E-state index in [1.165, 1.54) is 16.3 Å². The van der Waals surface area contributed by atoms with Crippen molar-refractivity contribution in [3.63, 3.8) is 0 Å². The van der Waals surface area contributed by atoms with Gasteiger partial charge in [0.15, 0.2) is 5.82 Å². The Hall–Kier alpha value is -6.26. The fourth-order valence-electron chi connectivity index (χ4n) is 6.61. The van der Waals surface area contributed by atoms with E-state index in [0.29, 0.717) is 0 Å². The van der Waals surface area contributed by atoms with E-state index >= 15 is 0 Å². The Kier molecular flexibility index (Phi) is 6.10. The van der Waals surface area contributed by atoms with Crippen LogP contribution in [0.4, 0.5) is 0 Å². The summed E-state index contributed by atoms with van der Waals surface area (Å²) in [6.45, 7) is 0. The van der Waals surface area contributed by atoms with Gasteiger partial charge in [0.25, 0.3) is 0 Å². The van der Waals surface area contributed by atoms with E-state index in [4.69, 9.17) is 15.0 Å². The lowest BCUT2D eigenvalue weighted by molar-refractivity contribution is 1.19. The van der Waals surface area contributed by atoms with Gasteiger partial charge in [0.1, 0.15) is 0 Å². The minimum absolute atomic E-state index is 0.721. The molecule has 9 rings (SSSR count). The van der Waals surface area contributed by atoms with E-state index in [1.807, 2.05) is 42.9 Å². The quantitative estimate of drug-likeness (QED) is 0.152. The van der Waals surface area contributed by atoms with E-state index < -0.39 is 0 Å². The van der Waals surface area contributed by atoms with Crippen LogP contribution >= 0.6 is 0 Å². The molecule has 214 valence electrons. The van der Waals surface area contributed by atoms with Gasteiger partial charge in [-0.2, -0.15) is 0 Å². The maximum atomic E-state index is 5.07. The van der Waals surface area contributed by atoms with Crippen LogP contribution in [0.1, 0.15) is 0 Å². The standard InChI is InChI=1S/C42H26N4/c1-2-9-27(10-3-1)32-25-44-42(45-26-32)39-35-14-6-4-12-33(35)38(34-13-5-7-15-36(34)39)29-18-16-28(17-19-29)37-23-22-31-21-20-30-11-8-24-43-40(30)41(31)46-37/h1-26H. The number of fused-ring (bicyclic) bond motifs is 5. The fraction of sp³-hybridized carbons (Fsp3) is 0. The zero-order chi connectivity index (χ0) is 30.5. The average molecular weight is 587 g/mol. The van der Waals surface area contributed by atoms with Gasteiger partial charge >= 0.3 is 0 Å². The maximum Gasteiger partial charge on any atom is 0.160 e. The van der Waals surface area contributed by atoms with Gasteiger partial charge in [-0.3, -0.25) is 4.98 Å². The first-order valence-electron chi connectivity index (χ1n) is 15.4. The lowest BCUT2D eigenvalue weighted by Gasteiger charge is -2.17. The summed E-state index contributed by atoms with van der Waals surface area (Å²) in [7, 11) is 0. The molecule has 0 spiro atoms. The zero-order valence-corrected chi connectivity index (χ0v) is 24.8. The lowest BCUT2D eigenvalue weighted by atomic mass is 9.87. The Morgan fingerprint density at radius 1 is 0.348 bits per heavy atom. The molecule has 0 aliphatic carbocycles. The summed E-state index contributed by atoms with van der Waals surface area (Å²) in [6.07, 6.45) is 5.68. The summed E-state index contributed by atoms with van der Waals surface area (Å²) in [4.78, 5) is 19.5. The van der Waals surface area contributed by atoms with E-state index in [2.05, 4.69) is 120 Å². The normalized spacial score (nSPS) is 11.5. The topological polar surface area (TPSA) is 51.6 Å². The molecule has 46 heavy (non-hydrogen) atoms. The first-order valence-corrected chi connectivity index (χ1v) is 15.4. The van der Waals surface area contributed by atoms with Gasteiger partial charge in [0.05, 0.1) is 16.7 Å². The Balaban J connectivity index is 1.18. The highest BCUT2D eigenvalue weighted by Crippen LogP contribution is 2.43. The van der Waals surface area contributed by atoms with Gasteiger partial charge < -0.3 is 0 Å². The zero-order valence-electron chi connectivity index (χ0n) is 24.8. The van der Waals surface area contributed by atoms with Crippen LogP contribution in [0.2, 0.25) is 0 Å². The molecule has 0 aliphatic heterocycles. The van der Waals surface area contributed by atoms with Gasteiger partial charge in [-0.1, -0.05) is 127 Å². The van der Waals surface area contributed by atoms with Crippen LogP contribution in [0.5, 0.6) is 0 Å². The van der Waals surface area contributed by atoms with Gasteiger partial charge in [-0.05, 0) is 50.4 Å². The second-order valence-electron chi connectivity index (χ2n) is 11.5. The molecule has 0 saturated carbocycles. The first-order chi connectivity index (χ1) is 22.8. The SMILES string of the molecule is c1ccc(-c2cnc(-c3c4ccccc4c(-c4ccc(-c5ccc6ccc7cccnc7c6n5)cc4)c4ccccc34)nc2)cc1. The van der Waals surface area contributed by atoms with Crippen molar-refractivity contribution in [2.45, 2.75) is 0 Å². The molecule has 0 radical (unpaired) electrons. The van der Waals surface area contributed by atoms with Crippen LogP contribution in [0, 0.1) is 0 Å². The Labute approximate surface area is 265 Å². The van der Waals surface area contributed by atoms with Crippen molar-refractivity contribution in [2.24, 2.45) is 0 Å². The van der Waals surface area contributed by atoms with Crippen molar-refractivity contribution in [3.8, 4) is 44.9 Å². The molecular formula is C42H26N4. The number of pyridine rings is 2. The number of nitrogens with zero attached hydrogens (tertiary/aromatic N) is 4. The molecule has 0 aliphatic rings. The second kappa shape index (κ2) is 10.7. The molecule has 0 unspecified atom stereocenters. The Morgan fingerprint density at radius 2 is 0.913 bits per heavy atom. The van der Waals surface area contributed by atoms with E-state index in [-0.39, 0.29) is 0 Å². The highest BCUT2D eigenvalue weighted by atomic mass is 14.9. The number of hydrogen-bond acceptors (Lipinski definition) is 4. The minimum atomic E-state index is 0.721. The van der Waals surface area contributed by atoms with Gasteiger partial charge in [-0.25, -0.2) is 15.0 Å². The molecule has 3 aromatic heterocycles. The molecule has 0 N–H and O–H groups in total. The van der Waals surface area contributed by atoms with Crippen molar-refractivity contribution in [1.29, 1.82) is 0 Å². The van der Waals surface area contributed by atoms with E-state index in [1.54, 1.807) is 0 Å². The summed E-state index contributed by atoms with van der Waals surface area (Å²) >= 11 is 0.